The topological polar surface area (TPSA) is 99.4 Å². The van der Waals surface area contributed by atoms with Gasteiger partial charge in [-0.25, -0.2) is 0 Å². The van der Waals surface area contributed by atoms with Gasteiger partial charge < -0.3 is 20.2 Å². The third-order valence-electron chi connectivity index (χ3n) is 4.92. The second-order valence-corrected chi connectivity index (χ2v) is 7.04. The van der Waals surface area contributed by atoms with Crippen LogP contribution in [0.5, 0.6) is 0 Å². The number of fused-ring (bicyclic) bond motifs is 1. The molecule has 138 valence electrons. The Hall–Kier alpha value is -2.07. The first kappa shape index (κ1) is 18.7. The number of aliphatic carboxylic acids is 1. The predicted molar refractivity (Wildman–Crippen MR) is 95.5 cm³/mol. The number of aliphatic hydroxyl groups excluding tert-OH is 2. The Balaban J connectivity index is 1.57. The quantitative estimate of drug-likeness (QED) is 0.415. The molecule has 3 N–H and O–H groups in total. The smallest absolute Gasteiger partial charge is 0.306 e. The van der Waals surface area contributed by atoms with E-state index < -0.39 is 18.2 Å². The summed E-state index contributed by atoms with van der Waals surface area (Å²) in [4.78, 5) is 15.5. The molecule has 3 rings (SSSR count). The zero-order valence-corrected chi connectivity index (χ0v) is 14.8. The molecule has 0 bridgehead atoms. The lowest BCUT2D eigenvalue weighted by Crippen LogP contribution is -2.36. The predicted octanol–water partition coefficient (Wildman–Crippen LogP) is 2.24. The van der Waals surface area contributed by atoms with Crippen molar-refractivity contribution in [3.8, 4) is 11.8 Å². The number of aliphatic hydroxyl groups is 2. The summed E-state index contributed by atoms with van der Waals surface area (Å²) in [6.45, 7) is 0.0370. The van der Waals surface area contributed by atoms with Crippen LogP contribution in [0.4, 0.5) is 0 Å². The van der Waals surface area contributed by atoms with Crippen molar-refractivity contribution in [3.63, 3.8) is 0 Å². The number of halogens is 1. The minimum absolute atomic E-state index is 0.0370. The van der Waals surface area contributed by atoms with Crippen molar-refractivity contribution in [2.75, 3.05) is 6.61 Å². The van der Waals surface area contributed by atoms with Crippen molar-refractivity contribution in [1.82, 2.24) is 0 Å². The molecule has 0 saturated heterocycles. The van der Waals surface area contributed by atoms with Gasteiger partial charge in [-0.15, -0.1) is 0 Å². The maximum absolute atomic E-state index is 10.4. The van der Waals surface area contributed by atoms with Crippen molar-refractivity contribution in [3.05, 3.63) is 34.9 Å². The molecule has 6 nitrogen and oxygen atoms in total. The standard InChI is InChI=1S/C19H20ClNO5/c20-12-3-1-11(2-4-12)17(22)6-5-13-14-9-16(15(14)10-18(13)23)21-26-8-7-19(24)25/h1-4,13-15,17-18,22-23H,7-10H2,(H,24,25). The lowest BCUT2D eigenvalue weighted by molar-refractivity contribution is -0.138. The molecule has 2 fully saturated rings. The van der Waals surface area contributed by atoms with E-state index in [4.69, 9.17) is 21.5 Å². The molecule has 7 heteroatoms. The number of carboxylic acids is 1. The highest BCUT2D eigenvalue weighted by Crippen LogP contribution is 2.48. The lowest BCUT2D eigenvalue weighted by atomic mass is 9.71. The lowest BCUT2D eigenvalue weighted by Gasteiger charge is -2.33. The summed E-state index contributed by atoms with van der Waals surface area (Å²) in [6.07, 6.45) is -0.356. The highest BCUT2D eigenvalue weighted by Gasteiger charge is 2.51. The van der Waals surface area contributed by atoms with Gasteiger partial charge in [0.25, 0.3) is 0 Å². The molecule has 0 aliphatic heterocycles. The molecule has 1 aromatic rings. The van der Waals surface area contributed by atoms with Gasteiger partial charge in [0.1, 0.15) is 12.7 Å². The van der Waals surface area contributed by atoms with E-state index in [1.807, 2.05) is 0 Å². The normalized spacial score (nSPS) is 29.3. The first-order chi connectivity index (χ1) is 12.5. The summed E-state index contributed by atoms with van der Waals surface area (Å²) < 4.78 is 0. The van der Waals surface area contributed by atoms with Crippen LogP contribution in [0.2, 0.25) is 5.02 Å². The van der Waals surface area contributed by atoms with Crippen molar-refractivity contribution >= 4 is 23.3 Å². The second-order valence-electron chi connectivity index (χ2n) is 6.61. The Morgan fingerprint density at radius 3 is 2.81 bits per heavy atom. The van der Waals surface area contributed by atoms with Crippen LogP contribution >= 0.6 is 11.6 Å². The Kier molecular flexibility index (Phi) is 5.82. The molecule has 5 atom stereocenters. The number of benzene rings is 1. The average molecular weight is 378 g/mol. The molecular weight excluding hydrogens is 358 g/mol. The molecule has 0 aromatic heterocycles. The Bertz CT molecular complexity index is 751. The van der Waals surface area contributed by atoms with Gasteiger partial charge in [0.05, 0.1) is 24.2 Å². The molecule has 5 unspecified atom stereocenters. The average Bonchev–Trinajstić information content (AvgIpc) is 2.84. The van der Waals surface area contributed by atoms with E-state index >= 15 is 0 Å². The summed E-state index contributed by atoms with van der Waals surface area (Å²) in [7, 11) is 0. The van der Waals surface area contributed by atoms with E-state index in [-0.39, 0.29) is 30.8 Å². The summed E-state index contributed by atoms with van der Waals surface area (Å²) in [5.74, 6) is 5.01. The molecule has 2 aliphatic carbocycles. The summed E-state index contributed by atoms with van der Waals surface area (Å²) in [5, 5.41) is 33.6. The van der Waals surface area contributed by atoms with Gasteiger partial charge in [0.2, 0.25) is 0 Å². The highest BCUT2D eigenvalue weighted by molar-refractivity contribution is 6.30. The molecule has 1 aromatic carbocycles. The van der Waals surface area contributed by atoms with E-state index in [0.717, 1.165) is 5.71 Å². The minimum Gasteiger partial charge on any atom is -0.481 e. The van der Waals surface area contributed by atoms with Crippen LogP contribution in [-0.4, -0.2) is 39.7 Å². The molecule has 0 amide bonds. The highest BCUT2D eigenvalue weighted by atomic mass is 35.5. The van der Waals surface area contributed by atoms with Gasteiger partial charge in [-0.1, -0.05) is 40.7 Å². The number of nitrogens with zero attached hydrogens (tertiary/aromatic N) is 1. The third kappa shape index (κ3) is 4.18. The van der Waals surface area contributed by atoms with Gasteiger partial charge in [-0.2, -0.15) is 0 Å². The van der Waals surface area contributed by atoms with Crippen molar-refractivity contribution in [1.29, 1.82) is 0 Å². The van der Waals surface area contributed by atoms with Crippen LogP contribution in [0.1, 0.15) is 30.9 Å². The fourth-order valence-electron chi connectivity index (χ4n) is 3.48. The Morgan fingerprint density at radius 2 is 2.12 bits per heavy atom. The SMILES string of the molecule is O=C(O)CCON=C1CC2C1CC(O)C2C#CC(O)c1ccc(Cl)cc1. The first-order valence-corrected chi connectivity index (χ1v) is 8.86. The number of rotatable bonds is 5. The summed E-state index contributed by atoms with van der Waals surface area (Å²) in [6, 6.07) is 6.83. The minimum atomic E-state index is -0.928. The van der Waals surface area contributed by atoms with Gasteiger partial charge in [0, 0.05) is 10.9 Å². The van der Waals surface area contributed by atoms with Crippen molar-refractivity contribution in [2.45, 2.75) is 31.5 Å². The molecule has 0 spiro atoms. The van der Waals surface area contributed by atoms with Crippen molar-refractivity contribution in [2.24, 2.45) is 22.9 Å². The molecule has 2 saturated carbocycles. The van der Waals surface area contributed by atoms with Gasteiger partial charge >= 0.3 is 5.97 Å². The Morgan fingerprint density at radius 1 is 1.38 bits per heavy atom. The molecule has 2 aliphatic rings. The molecule has 0 heterocycles. The van der Waals surface area contributed by atoms with Gasteiger partial charge in [0.15, 0.2) is 0 Å². The first-order valence-electron chi connectivity index (χ1n) is 8.49. The van der Waals surface area contributed by atoms with E-state index in [1.54, 1.807) is 24.3 Å². The fraction of sp³-hybridized carbons (Fsp3) is 0.474. The maximum atomic E-state index is 10.4. The monoisotopic (exact) mass is 377 g/mol. The van der Waals surface area contributed by atoms with Crippen LogP contribution in [0.15, 0.2) is 29.4 Å². The van der Waals surface area contributed by atoms with Crippen LogP contribution < -0.4 is 0 Å². The Labute approximate surface area is 156 Å². The summed E-state index contributed by atoms with van der Waals surface area (Å²) in [5.41, 5.74) is 1.51. The van der Waals surface area contributed by atoms with E-state index in [0.29, 0.717) is 23.4 Å². The van der Waals surface area contributed by atoms with Gasteiger partial charge in [-0.3, -0.25) is 4.79 Å². The largest absolute Gasteiger partial charge is 0.481 e. The number of carboxylic acid groups (broad SMARTS) is 1. The van der Waals surface area contributed by atoms with E-state index in [2.05, 4.69) is 17.0 Å². The van der Waals surface area contributed by atoms with E-state index in [9.17, 15) is 15.0 Å². The zero-order chi connectivity index (χ0) is 18.7. The molecular formula is C19H20ClNO5. The van der Waals surface area contributed by atoms with Gasteiger partial charge in [-0.05, 0) is 36.5 Å². The van der Waals surface area contributed by atoms with Crippen LogP contribution in [-0.2, 0) is 9.63 Å². The maximum Gasteiger partial charge on any atom is 0.306 e. The second kappa shape index (κ2) is 8.09. The molecule has 26 heavy (non-hydrogen) atoms. The van der Waals surface area contributed by atoms with Crippen LogP contribution in [0.25, 0.3) is 0 Å². The van der Waals surface area contributed by atoms with Crippen LogP contribution in [0.3, 0.4) is 0 Å². The fourth-order valence-corrected chi connectivity index (χ4v) is 3.60. The number of hydrogen-bond acceptors (Lipinski definition) is 5. The van der Waals surface area contributed by atoms with Crippen LogP contribution in [0, 0.1) is 29.6 Å². The van der Waals surface area contributed by atoms with Crippen molar-refractivity contribution < 1.29 is 25.0 Å². The third-order valence-corrected chi connectivity index (χ3v) is 5.17. The summed E-state index contributed by atoms with van der Waals surface area (Å²) >= 11 is 5.83. The number of oxime groups is 1. The number of hydrogen-bond donors (Lipinski definition) is 3. The zero-order valence-electron chi connectivity index (χ0n) is 14.0. The van der Waals surface area contributed by atoms with E-state index in [1.165, 1.54) is 0 Å². The number of carbonyl (C=O) groups is 1. The molecule has 0 radical (unpaired) electrons.